The summed E-state index contributed by atoms with van der Waals surface area (Å²) >= 11 is 11.8. The average Bonchev–Trinajstić information content (AvgIpc) is 2.81. The van der Waals surface area contributed by atoms with E-state index in [1.807, 2.05) is 0 Å². The van der Waals surface area contributed by atoms with Crippen LogP contribution in [0.15, 0.2) is 22.9 Å². The molecule has 0 saturated carbocycles. The zero-order valence-corrected chi connectivity index (χ0v) is 12.7. The molecular weight excluding hydrogens is 302 g/mol. The molecule has 0 aliphatic carbocycles. The quantitative estimate of drug-likeness (QED) is 0.823. The fraction of sp³-hybridized carbons (Fsp3) is 0.357. The van der Waals surface area contributed by atoms with Gasteiger partial charge in [-0.3, -0.25) is 0 Å². The van der Waals surface area contributed by atoms with Crippen LogP contribution in [-0.4, -0.2) is 11.7 Å². The lowest BCUT2D eigenvalue weighted by atomic mass is 10.1. The van der Waals surface area contributed by atoms with Crippen molar-refractivity contribution in [2.75, 3.05) is 6.54 Å². The van der Waals surface area contributed by atoms with Crippen LogP contribution in [0.25, 0.3) is 11.3 Å². The molecule has 0 saturated heterocycles. The Morgan fingerprint density at radius 2 is 2.05 bits per heavy atom. The Balaban J connectivity index is 2.25. The standard InChI is InChI=1S/C14H15Cl2FN2O/c1-8(2)5-18-6-9-7-19-20-14(9)10-3-13(17)12(16)4-11(10)15/h3-4,7-8,18H,5-6H2,1-2H3. The van der Waals surface area contributed by atoms with E-state index >= 15 is 0 Å². The molecule has 6 heteroatoms. The molecule has 0 bridgehead atoms. The van der Waals surface area contributed by atoms with Gasteiger partial charge in [0.25, 0.3) is 0 Å². The van der Waals surface area contributed by atoms with Crippen molar-refractivity contribution in [1.29, 1.82) is 0 Å². The Bertz CT molecular complexity index is 599. The number of hydrogen-bond acceptors (Lipinski definition) is 3. The summed E-state index contributed by atoms with van der Waals surface area (Å²) in [6.45, 7) is 5.69. The van der Waals surface area contributed by atoms with Gasteiger partial charge in [0.15, 0.2) is 5.76 Å². The van der Waals surface area contributed by atoms with Gasteiger partial charge in [-0.1, -0.05) is 42.2 Å². The van der Waals surface area contributed by atoms with Crippen molar-refractivity contribution < 1.29 is 8.91 Å². The molecule has 0 fully saturated rings. The van der Waals surface area contributed by atoms with Gasteiger partial charge in [0.2, 0.25) is 0 Å². The van der Waals surface area contributed by atoms with Crippen molar-refractivity contribution in [2.24, 2.45) is 5.92 Å². The lowest BCUT2D eigenvalue weighted by Crippen LogP contribution is -2.18. The molecule has 0 spiro atoms. The highest BCUT2D eigenvalue weighted by molar-refractivity contribution is 6.36. The second-order valence-corrected chi connectivity index (χ2v) is 5.77. The van der Waals surface area contributed by atoms with Crippen molar-refractivity contribution in [3.05, 3.63) is 39.8 Å². The maximum absolute atomic E-state index is 13.6. The van der Waals surface area contributed by atoms with E-state index in [1.165, 1.54) is 12.1 Å². The van der Waals surface area contributed by atoms with E-state index in [4.69, 9.17) is 27.7 Å². The first-order chi connectivity index (χ1) is 9.49. The first-order valence-electron chi connectivity index (χ1n) is 6.28. The van der Waals surface area contributed by atoms with Gasteiger partial charge in [-0.15, -0.1) is 0 Å². The third-order valence-electron chi connectivity index (χ3n) is 2.77. The molecule has 0 atom stereocenters. The van der Waals surface area contributed by atoms with Gasteiger partial charge < -0.3 is 9.84 Å². The van der Waals surface area contributed by atoms with Crippen molar-refractivity contribution in [3.8, 4) is 11.3 Å². The number of nitrogens with one attached hydrogen (secondary N) is 1. The van der Waals surface area contributed by atoms with Gasteiger partial charge in [0.05, 0.1) is 16.2 Å². The molecule has 0 aliphatic heterocycles. The van der Waals surface area contributed by atoms with Crippen LogP contribution in [0.5, 0.6) is 0 Å². The van der Waals surface area contributed by atoms with Crippen molar-refractivity contribution in [2.45, 2.75) is 20.4 Å². The first kappa shape index (κ1) is 15.3. The van der Waals surface area contributed by atoms with Crippen LogP contribution in [0.1, 0.15) is 19.4 Å². The summed E-state index contributed by atoms with van der Waals surface area (Å²) in [6, 6.07) is 2.62. The van der Waals surface area contributed by atoms with Gasteiger partial charge in [-0.25, -0.2) is 4.39 Å². The lowest BCUT2D eigenvalue weighted by Gasteiger charge is -2.08. The normalized spacial score (nSPS) is 11.3. The molecule has 1 aromatic carbocycles. The molecule has 20 heavy (non-hydrogen) atoms. The summed E-state index contributed by atoms with van der Waals surface area (Å²) < 4.78 is 18.8. The number of hydrogen-bond donors (Lipinski definition) is 1. The molecule has 2 aromatic rings. The van der Waals surface area contributed by atoms with E-state index in [2.05, 4.69) is 24.3 Å². The third kappa shape index (κ3) is 3.51. The Morgan fingerprint density at radius 3 is 2.75 bits per heavy atom. The van der Waals surface area contributed by atoms with Crippen LogP contribution in [0.3, 0.4) is 0 Å². The lowest BCUT2D eigenvalue weighted by molar-refractivity contribution is 0.431. The number of aromatic nitrogens is 1. The van der Waals surface area contributed by atoms with Gasteiger partial charge in [0, 0.05) is 17.7 Å². The van der Waals surface area contributed by atoms with Gasteiger partial charge in [-0.05, 0) is 24.6 Å². The van der Waals surface area contributed by atoms with Crippen molar-refractivity contribution in [1.82, 2.24) is 10.5 Å². The molecule has 1 aromatic heterocycles. The van der Waals surface area contributed by atoms with E-state index in [0.29, 0.717) is 28.8 Å². The summed E-state index contributed by atoms with van der Waals surface area (Å²) in [4.78, 5) is 0. The molecular formula is C14H15Cl2FN2O. The average molecular weight is 317 g/mol. The molecule has 1 heterocycles. The number of benzene rings is 1. The first-order valence-corrected chi connectivity index (χ1v) is 7.03. The molecule has 108 valence electrons. The summed E-state index contributed by atoms with van der Waals surface area (Å²) in [7, 11) is 0. The van der Waals surface area contributed by atoms with Crippen molar-refractivity contribution >= 4 is 23.2 Å². The van der Waals surface area contributed by atoms with Crippen LogP contribution >= 0.6 is 23.2 Å². The zero-order chi connectivity index (χ0) is 14.7. The molecule has 0 aliphatic rings. The Labute approximate surface area is 127 Å². The van der Waals surface area contributed by atoms with E-state index in [1.54, 1.807) is 6.20 Å². The largest absolute Gasteiger partial charge is 0.356 e. The zero-order valence-electron chi connectivity index (χ0n) is 11.2. The van der Waals surface area contributed by atoms with E-state index < -0.39 is 5.82 Å². The van der Waals surface area contributed by atoms with Crippen LogP contribution in [0.4, 0.5) is 4.39 Å². The molecule has 0 unspecified atom stereocenters. The van der Waals surface area contributed by atoms with Crippen molar-refractivity contribution in [3.63, 3.8) is 0 Å². The maximum atomic E-state index is 13.6. The van der Waals surface area contributed by atoms with Crippen LogP contribution in [0.2, 0.25) is 10.0 Å². The number of nitrogens with zero attached hydrogens (tertiary/aromatic N) is 1. The maximum Gasteiger partial charge on any atom is 0.172 e. The third-order valence-corrected chi connectivity index (χ3v) is 3.37. The van der Waals surface area contributed by atoms with Gasteiger partial charge in [0.1, 0.15) is 5.82 Å². The molecule has 1 N–H and O–H groups in total. The Morgan fingerprint density at radius 1 is 1.30 bits per heavy atom. The predicted octanol–water partition coefficient (Wildman–Crippen LogP) is 4.53. The van der Waals surface area contributed by atoms with E-state index in [0.717, 1.165) is 12.1 Å². The van der Waals surface area contributed by atoms with E-state index in [9.17, 15) is 4.39 Å². The predicted molar refractivity (Wildman–Crippen MR) is 78.5 cm³/mol. The SMILES string of the molecule is CC(C)CNCc1cnoc1-c1cc(F)c(Cl)cc1Cl. The van der Waals surface area contributed by atoms with Crippen LogP contribution < -0.4 is 5.32 Å². The van der Waals surface area contributed by atoms with Gasteiger partial charge >= 0.3 is 0 Å². The Kier molecular flexibility index (Phi) is 5.02. The highest BCUT2D eigenvalue weighted by Crippen LogP contribution is 2.34. The molecule has 0 amide bonds. The minimum absolute atomic E-state index is 0.0160. The minimum Gasteiger partial charge on any atom is -0.356 e. The smallest absolute Gasteiger partial charge is 0.172 e. The highest BCUT2D eigenvalue weighted by atomic mass is 35.5. The second-order valence-electron chi connectivity index (χ2n) is 4.95. The molecule has 0 radical (unpaired) electrons. The minimum atomic E-state index is -0.538. The summed E-state index contributed by atoms with van der Waals surface area (Å²) in [5.74, 6) is 0.459. The monoisotopic (exact) mass is 316 g/mol. The Hall–Kier alpha value is -1.10. The summed E-state index contributed by atoms with van der Waals surface area (Å²) in [6.07, 6.45) is 1.60. The highest BCUT2D eigenvalue weighted by Gasteiger charge is 2.16. The molecule has 2 rings (SSSR count). The summed E-state index contributed by atoms with van der Waals surface area (Å²) in [5.41, 5.74) is 1.28. The fourth-order valence-electron chi connectivity index (χ4n) is 1.80. The fourth-order valence-corrected chi connectivity index (χ4v) is 2.27. The van der Waals surface area contributed by atoms with Crippen LogP contribution in [-0.2, 0) is 6.54 Å². The van der Waals surface area contributed by atoms with Crippen LogP contribution in [0, 0.1) is 11.7 Å². The topological polar surface area (TPSA) is 38.1 Å². The van der Waals surface area contributed by atoms with Gasteiger partial charge in [-0.2, -0.15) is 0 Å². The molecule has 3 nitrogen and oxygen atoms in total. The second kappa shape index (κ2) is 6.57. The number of rotatable bonds is 5. The summed E-state index contributed by atoms with van der Waals surface area (Å²) in [5, 5.41) is 7.36. The van der Waals surface area contributed by atoms with E-state index in [-0.39, 0.29) is 5.02 Å². The number of halogens is 3.